The van der Waals surface area contributed by atoms with E-state index in [2.05, 4.69) is 30.3 Å². The molecule has 214 valence electrons. The highest BCUT2D eigenvalue weighted by atomic mass is 19.2. The molecule has 2 aromatic heterocycles. The number of nitrogens with zero attached hydrogens (tertiary/aromatic N) is 8. The average Bonchev–Trinajstić information content (AvgIpc) is 3.73. The van der Waals surface area contributed by atoms with Crippen LogP contribution in [0.1, 0.15) is 43.7 Å². The maximum Gasteiger partial charge on any atom is 0.266 e. The van der Waals surface area contributed by atoms with Crippen molar-refractivity contribution < 1.29 is 22.6 Å². The van der Waals surface area contributed by atoms with Crippen LogP contribution in [0.5, 0.6) is 5.75 Å². The Hall–Kier alpha value is -3.52. The van der Waals surface area contributed by atoms with Crippen LogP contribution in [0, 0.1) is 23.4 Å². The van der Waals surface area contributed by atoms with Crippen molar-refractivity contribution >= 4 is 11.9 Å². The molecule has 3 fully saturated rings. The van der Waals surface area contributed by atoms with E-state index < -0.39 is 29.4 Å². The van der Waals surface area contributed by atoms with Gasteiger partial charge in [-0.25, -0.2) is 23.1 Å². The van der Waals surface area contributed by atoms with E-state index in [0.717, 1.165) is 45.0 Å². The highest BCUT2D eigenvalue weighted by molar-refractivity contribution is 5.39. The molecule has 4 atom stereocenters. The van der Waals surface area contributed by atoms with Crippen LogP contribution in [-0.2, 0) is 4.74 Å². The Morgan fingerprint density at radius 3 is 2.45 bits per heavy atom. The number of halogens is 3. The molecule has 0 spiro atoms. The van der Waals surface area contributed by atoms with E-state index in [1.807, 2.05) is 11.8 Å². The molecule has 3 aromatic rings. The Morgan fingerprint density at radius 2 is 1.73 bits per heavy atom. The molecular formula is C26H32F3N9O2. The van der Waals surface area contributed by atoms with Gasteiger partial charge in [0.25, 0.3) is 5.95 Å². The molecule has 0 unspecified atom stereocenters. The van der Waals surface area contributed by atoms with Gasteiger partial charge < -0.3 is 25.0 Å². The first-order valence-electron chi connectivity index (χ1n) is 13.6. The van der Waals surface area contributed by atoms with E-state index in [1.54, 1.807) is 17.2 Å². The molecule has 3 aliphatic heterocycles. The predicted molar refractivity (Wildman–Crippen MR) is 139 cm³/mol. The number of benzene rings is 1. The largest absolute Gasteiger partial charge is 0.487 e. The minimum absolute atomic E-state index is 0.0446. The number of anilines is 2. The molecule has 40 heavy (non-hydrogen) atoms. The molecule has 3 saturated heterocycles. The summed E-state index contributed by atoms with van der Waals surface area (Å²) in [4.78, 5) is 14.5. The predicted octanol–water partition coefficient (Wildman–Crippen LogP) is 2.46. The van der Waals surface area contributed by atoms with Crippen LogP contribution in [0.4, 0.5) is 25.1 Å². The molecule has 1 aromatic carbocycles. The van der Waals surface area contributed by atoms with Crippen LogP contribution in [0.15, 0.2) is 24.5 Å². The van der Waals surface area contributed by atoms with Gasteiger partial charge in [-0.15, -0.1) is 5.10 Å². The van der Waals surface area contributed by atoms with Gasteiger partial charge in [-0.3, -0.25) is 0 Å². The maximum atomic E-state index is 14.3. The van der Waals surface area contributed by atoms with Crippen molar-refractivity contribution in [1.29, 1.82) is 0 Å². The third kappa shape index (κ3) is 5.42. The van der Waals surface area contributed by atoms with Crippen LogP contribution >= 0.6 is 0 Å². The van der Waals surface area contributed by atoms with Crippen molar-refractivity contribution in [2.75, 3.05) is 49.2 Å². The Bertz CT molecular complexity index is 1310. The van der Waals surface area contributed by atoms with Gasteiger partial charge in [-0.2, -0.15) is 4.80 Å². The maximum absolute atomic E-state index is 14.3. The lowest BCUT2D eigenvalue weighted by Crippen LogP contribution is -2.39. The van der Waals surface area contributed by atoms with Gasteiger partial charge in [0.2, 0.25) is 5.95 Å². The van der Waals surface area contributed by atoms with Crippen molar-refractivity contribution in [3.05, 3.63) is 47.5 Å². The summed E-state index contributed by atoms with van der Waals surface area (Å²) in [6.07, 6.45) is 5.93. The van der Waals surface area contributed by atoms with Gasteiger partial charge in [0.05, 0.1) is 31.1 Å². The normalized spacial score (nSPS) is 24.6. The van der Waals surface area contributed by atoms with E-state index in [4.69, 9.17) is 15.2 Å². The molecule has 6 rings (SSSR count). The van der Waals surface area contributed by atoms with Crippen LogP contribution in [-0.4, -0.2) is 81.7 Å². The summed E-state index contributed by atoms with van der Waals surface area (Å²) in [6.45, 7) is 5.67. The lowest BCUT2D eigenvalue weighted by molar-refractivity contribution is 0.132. The first-order valence-corrected chi connectivity index (χ1v) is 13.6. The van der Waals surface area contributed by atoms with Crippen LogP contribution in [0.25, 0.3) is 0 Å². The van der Waals surface area contributed by atoms with Gasteiger partial charge in [-0.1, -0.05) is 5.10 Å². The summed E-state index contributed by atoms with van der Waals surface area (Å²) in [5, 5.41) is 13.0. The fraction of sp³-hybridized carbons (Fsp3) is 0.577. The van der Waals surface area contributed by atoms with E-state index in [9.17, 15) is 13.2 Å². The minimum Gasteiger partial charge on any atom is -0.487 e. The first-order chi connectivity index (χ1) is 19.4. The standard InChI is InChI=1S/C26H32F3N9O2/c1-15(16-2-5-36(6-3-16)26-33-35-38(34-26)17-4-7-39-14-17)40-18-10-31-25(32-11-18)37-12-20(24(30)13-37)19-8-22(28)23(29)9-21(19)27/h8-11,15-17,20,24H,2-7,12-14,30H2,1H3/t15-,17-,20+,24-/m0/s1. The molecule has 0 radical (unpaired) electrons. The molecule has 2 N–H and O–H groups in total. The monoisotopic (exact) mass is 559 g/mol. The van der Waals surface area contributed by atoms with Crippen molar-refractivity contribution in [1.82, 2.24) is 30.2 Å². The molecule has 5 heterocycles. The molecule has 3 aliphatic rings. The lowest BCUT2D eigenvalue weighted by Gasteiger charge is -2.34. The summed E-state index contributed by atoms with van der Waals surface area (Å²) in [6, 6.07) is 1.12. The second kappa shape index (κ2) is 11.2. The third-order valence-electron chi connectivity index (χ3n) is 8.16. The van der Waals surface area contributed by atoms with E-state index in [0.29, 0.717) is 42.8 Å². The first kappa shape index (κ1) is 26.7. The number of aromatic nitrogens is 6. The highest BCUT2D eigenvalue weighted by Crippen LogP contribution is 2.32. The number of hydrogen-bond acceptors (Lipinski definition) is 10. The molecule has 11 nitrogen and oxygen atoms in total. The average molecular weight is 560 g/mol. The van der Waals surface area contributed by atoms with Crippen molar-refractivity contribution in [2.45, 2.75) is 50.3 Å². The second-order valence-corrected chi connectivity index (χ2v) is 10.8. The van der Waals surface area contributed by atoms with E-state index in [1.165, 1.54) is 0 Å². The molecule has 0 aliphatic carbocycles. The Labute approximate surface area is 229 Å². The summed E-state index contributed by atoms with van der Waals surface area (Å²) < 4.78 is 53.0. The summed E-state index contributed by atoms with van der Waals surface area (Å²) >= 11 is 0. The number of nitrogens with two attached hydrogens (primary N) is 1. The van der Waals surface area contributed by atoms with E-state index >= 15 is 0 Å². The lowest BCUT2D eigenvalue weighted by atomic mass is 9.92. The molecule has 0 amide bonds. The van der Waals surface area contributed by atoms with Crippen LogP contribution in [0.2, 0.25) is 0 Å². The third-order valence-corrected chi connectivity index (χ3v) is 8.16. The number of rotatable bonds is 7. The van der Waals surface area contributed by atoms with Gasteiger partial charge in [-0.05, 0) is 48.9 Å². The molecule has 0 bridgehead atoms. The number of hydrogen-bond donors (Lipinski definition) is 1. The quantitative estimate of drug-likeness (QED) is 0.432. The van der Waals surface area contributed by atoms with Crippen LogP contribution in [0.3, 0.4) is 0 Å². The fourth-order valence-corrected chi connectivity index (χ4v) is 5.76. The Morgan fingerprint density at radius 1 is 0.975 bits per heavy atom. The topological polar surface area (TPSA) is 120 Å². The second-order valence-electron chi connectivity index (χ2n) is 10.8. The Kier molecular flexibility index (Phi) is 7.45. The van der Waals surface area contributed by atoms with Crippen LogP contribution < -0.4 is 20.3 Å². The van der Waals surface area contributed by atoms with Gasteiger partial charge in [0.1, 0.15) is 5.82 Å². The zero-order valence-corrected chi connectivity index (χ0v) is 22.2. The zero-order valence-electron chi connectivity index (χ0n) is 22.2. The fourth-order valence-electron chi connectivity index (χ4n) is 5.76. The number of piperidine rings is 1. The minimum atomic E-state index is -1.22. The molecule has 0 saturated carbocycles. The molecular weight excluding hydrogens is 527 g/mol. The van der Waals surface area contributed by atoms with Crippen molar-refractivity contribution in [3.63, 3.8) is 0 Å². The zero-order chi connectivity index (χ0) is 27.8. The smallest absolute Gasteiger partial charge is 0.266 e. The van der Waals surface area contributed by atoms with Gasteiger partial charge in [0, 0.05) is 50.8 Å². The SMILES string of the molecule is C[C@H](Oc1cnc(N2C[C@H](c3cc(F)c(F)cc3F)[C@@H](N)C2)nc1)C1CCN(c2nnn([C@H]3CCOC3)n2)CC1. The van der Waals surface area contributed by atoms with Gasteiger partial charge >= 0.3 is 0 Å². The van der Waals surface area contributed by atoms with Crippen molar-refractivity contribution in [2.24, 2.45) is 11.7 Å². The van der Waals surface area contributed by atoms with Gasteiger partial charge in [0.15, 0.2) is 17.4 Å². The molecule has 14 heteroatoms. The summed E-state index contributed by atoms with van der Waals surface area (Å²) in [5.74, 6) is -1.69. The highest BCUT2D eigenvalue weighted by Gasteiger charge is 2.35. The van der Waals surface area contributed by atoms with Crippen molar-refractivity contribution in [3.8, 4) is 5.75 Å². The summed E-state index contributed by atoms with van der Waals surface area (Å²) in [5.41, 5.74) is 6.28. The number of ether oxygens (including phenoxy) is 2. The number of tetrazole rings is 1. The summed E-state index contributed by atoms with van der Waals surface area (Å²) in [7, 11) is 0. The Balaban J connectivity index is 1.01. The van der Waals surface area contributed by atoms with E-state index in [-0.39, 0.29) is 24.3 Å².